The molecular weight excluding hydrogens is 404 g/mol. The van der Waals surface area contributed by atoms with Crippen molar-refractivity contribution in [1.82, 2.24) is 14.7 Å². The first-order valence-electron chi connectivity index (χ1n) is 11.2. The highest BCUT2D eigenvalue weighted by molar-refractivity contribution is 5.85. The van der Waals surface area contributed by atoms with Crippen molar-refractivity contribution < 1.29 is 14.3 Å². The molecule has 30 heavy (non-hydrogen) atoms. The van der Waals surface area contributed by atoms with Crippen LogP contribution in [-0.4, -0.2) is 92.3 Å². The molecule has 0 N–H and O–H groups in total. The normalized spacial score (nSPS) is 22.5. The fourth-order valence-electron chi connectivity index (χ4n) is 5.15. The Morgan fingerprint density at radius 2 is 1.67 bits per heavy atom. The summed E-state index contributed by atoms with van der Waals surface area (Å²) in [4.78, 5) is 21.8. The molecule has 1 saturated carbocycles. The molecule has 3 heterocycles. The fraction of sp³-hybridized carbons (Fsp3) is 0.682. The summed E-state index contributed by atoms with van der Waals surface area (Å²) in [6.07, 6.45) is 4.94. The topological polar surface area (TPSA) is 48.5 Å². The molecule has 7 nitrogen and oxygen atoms in total. The van der Waals surface area contributed by atoms with Crippen LogP contribution in [0.1, 0.15) is 25.7 Å². The van der Waals surface area contributed by atoms with Crippen LogP contribution < -0.4 is 14.4 Å². The van der Waals surface area contributed by atoms with Crippen LogP contribution in [0, 0.1) is 0 Å². The zero-order valence-electron chi connectivity index (χ0n) is 17.6. The molecule has 0 bridgehead atoms. The van der Waals surface area contributed by atoms with Gasteiger partial charge in [0.05, 0.1) is 5.69 Å². The molecule has 2 amide bonds. The summed E-state index contributed by atoms with van der Waals surface area (Å²) in [7, 11) is 0. The number of para-hydroxylation sites is 1. The van der Waals surface area contributed by atoms with E-state index in [1.54, 1.807) is 0 Å². The maximum Gasteiger partial charge on any atom is 0.320 e. The van der Waals surface area contributed by atoms with E-state index in [1.165, 1.54) is 25.7 Å². The molecule has 4 aliphatic rings. The predicted octanol–water partition coefficient (Wildman–Crippen LogP) is 2.68. The first kappa shape index (κ1) is 21.4. The van der Waals surface area contributed by atoms with Gasteiger partial charge in [0.1, 0.15) is 13.2 Å². The number of halogens is 1. The first-order chi connectivity index (χ1) is 14.3. The zero-order chi connectivity index (χ0) is 19.6. The maximum absolute atomic E-state index is 12.7. The predicted molar refractivity (Wildman–Crippen MR) is 119 cm³/mol. The SMILES string of the molecule is Cl.O=C1N(CCN2CCN(c3cccc4c3OCCO4)CC2)CCN1C1CCCC1. The smallest absolute Gasteiger partial charge is 0.320 e. The lowest BCUT2D eigenvalue weighted by Gasteiger charge is -2.37. The van der Waals surface area contributed by atoms with Gasteiger partial charge in [-0.15, -0.1) is 12.4 Å². The standard InChI is InChI=1S/C22H32N4O3.ClH/c27-22-25(14-15-26(22)18-4-1-2-5-18)13-10-23-8-11-24(12-9-23)19-6-3-7-20-21(19)29-17-16-28-20;/h3,6-7,18H,1-2,4-5,8-17H2;1H. The molecule has 1 aromatic rings. The molecule has 0 unspecified atom stereocenters. The summed E-state index contributed by atoms with van der Waals surface area (Å²) in [5.74, 6) is 1.75. The van der Waals surface area contributed by atoms with Gasteiger partial charge in [-0.1, -0.05) is 18.9 Å². The summed E-state index contributed by atoms with van der Waals surface area (Å²) >= 11 is 0. The van der Waals surface area contributed by atoms with Gasteiger partial charge >= 0.3 is 6.03 Å². The molecule has 0 aromatic heterocycles. The minimum absolute atomic E-state index is 0. The van der Waals surface area contributed by atoms with E-state index in [-0.39, 0.29) is 18.4 Å². The Labute approximate surface area is 185 Å². The third kappa shape index (κ3) is 4.28. The highest BCUT2D eigenvalue weighted by Gasteiger charge is 2.35. The summed E-state index contributed by atoms with van der Waals surface area (Å²) < 4.78 is 11.6. The zero-order valence-corrected chi connectivity index (χ0v) is 18.4. The molecule has 0 radical (unpaired) electrons. The number of carbonyl (C=O) groups excluding carboxylic acids is 1. The molecule has 2 saturated heterocycles. The Morgan fingerprint density at radius 3 is 2.47 bits per heavy atom. The number of rotatable bonds is 5. The van der Waals surface area contributed by atoms with Crippen molar-refractivity contribution in [3.8, 4) is 11.5 Å². The Balaban J connectivity index is 0.00000218. The van der Waals surface area contributed by atoms with E-state index in [0.717, 1.165) is 69.5 Å². The number of urea groups is 1. The minimum Gasteiger partial charge on any atom is -0.486 e. The third-order valence-electron chi connectivity index (χ3n) is 6.84. The van der Waals surface area contributed by atoms with Crippen molar-refractivity contribution in [2.75, 3.05) is 70.5 Å². The Kier molecular flexibility index (Phi) is 6.78. The van der Waals surface area contributed by atoms with E-state index < -0.39 is 0 Å². The van der Waals surface area contributed by atoms with E-state index in [9.17, 15) is 4.79 Å². The van der Waals surface area contributed by atoms with Crippen LogP contribution in [0.5, 0.6) is 11.5 Å². The number of hydrogen-bond acceptors (Lipinski definition) is 5. The van der Waals surface area contributed by atoms with Gasteiger partial charge < -0.3 is 24.2 Å². The van der Waals surface area contributed by atoms with Crippen LogP contribution in [0.4, 0.5) is 10.5 Å². The number of nitrogens with zero attached hydrogens (tertiary/aromatic N) is 4. The van der Waals surface area contributed by atoms with Gasteiger partial charge in [0, 0.05) is 58.4 Å². The highest BCUT2D eigenvalue weighted by atomic mass is 35.5. The minimum atomic E-state index is 0. The number of anilines is 1. The van der Waals surface area contributed by atoms with E-state index >= 15 is 0 Å². The van der Waals surface area contributed by atoms with Crippen LogP contribution in [-0.2, 0) is 0 Å². The number of carbonyl (C=O) groups is 1. The summed E-state index contributed by atoms with van der Waals surface area (Å²) in [5, 5.41) is 0. The van der Waals surface area contributed by atoms with Crippen LogP contribution in [0.2, 0.25) is 0 Å². The fourth-order valence-corrected chi connectivity index (χ4v) is 5.15. The van der Waals surface area contributed by atoms with Gasteiger partial charge in [0.2, 0.25) is 0 Å². The Hall–Kier alpha value is -1.86. The van der Waals surface area contributed by atoms with Gasteiger partial charge in [-0.25, -0.2) is 4.79 Å². The summed E-state index contributed by atoms with van der Waals surface area (Å²) in [5.41, 5.74) is 1.14. The van der Waals surface area contributed by atoms with Crippen molar-refractivity contribution in [3.63, 3.8) is 0 Å². The molecule has 3 fully saturated rings. The molecule has 8 heteroatoms. The van der Waals surface area contributed by atoms with Gasteiger partial charge in [-0.2, -0.15) is 0 Å². The van der Waals surface area contributed by atoms with E-state index in [1.807, 2.05) is 12.1 Å². The Bertz CT molecular complexity index is 735. The summed E-state index contributed by atoms with van der Waals surface area (Å²) in [6.45, 7) is 8.83. The highest BCUT2D eigenvalue weighted by Crippen LogP contribution is 2.39. The molecule has 3 aliphatic heterocycles. The average molecular weight is 437 g/mol. The quantitative estimate of drug-likeness (QED) is 0.710. The lowest BCUT2D eigenvalue weighted by Crippen LogP contribution is -2.49. The van der Waals surface area contributed by atoms with Crippen LogP contribution in [0.25, 0.3) is 0 Å². The molecule has 0 spiro atoms. The van der Waals surface area contributed by atoms with Crippen molar-refractivity contribution in [1.29, 1.82) is 0 Å². The lowest BCUT2D eigenvalue weighted by molar-refractivity contribution is 0.167. The molecule has 0 atom stereocenters. The molecule has 1 aliphatic carbocycles. The van der Waals surface area contributed by atoms with E-state index in [4.69, 9.17) is 9.47 Å². The number of amides is 2. The number of piperazine rings is 1. The first-order valence-corrected chi connectivity index (χ1v) is 11.2. The largest absolute Gasteiger partial charge is 0.486 e. The maximum atomic E-state index is 12.7. The molecule has 1 aromatic carbocycles. The molecule has 166 valence electrons. The summed E-state index contributed by atoms with van der Waals surface area (Å²) in [6, 6.07) is 6.92. The molecule has 5 rings (SSSR count). The lowest BCUT2D eigenvalue weighted by atomic mass is 10.2. The van der Waals surface area contributed by atoms with E-state index in [0.29, 0.717) is 19.3 Å². The van der Waals surface area contributed by atoms with Crippen LogP contribution in [0.3, 0.4) is 0 Å². The van der Waals surface area contributed by atoms with E-state index in [2.05, 4.69) is 25.7 Å². The van der Waals surface area contributed by atoms with Gasteiger partial charge in [0.15, 0.2) is 11.5 Å². The Morgan fingerprint density at radius 1 is 0.900 bits per heavy atom. The second-order valence-corrected chi connectivity index (χ2v) is 8.53. The average Bonchev–Trinajstić information content (AvgIpc) is 3.42. The number of benzene rings is 1. The van der Waals surface area contributed by atoms with Gasteiger partial charge in [-0.05, 0) is 25.0 Å². The second kappa shape index (κ2) is 9.52. The van der Waals surface area contributed by atoms with Gasteiger partial charge in [0.25, 0.3) is 0 Å². The number of ether oxygens (including phenoxy) is 2. The number of hydrogen-bond donors (Lipinski definition) is 0. The third-order valence-corrected chi connectivity index (χ3v) is 6.84. The van der Waals surface area contributed by atoms with Crippen LogP contribution >= 0.6 is 12.4 Å². The van der Waals surface area contributed by atoms with Crippen molar-refractivity contribution in [2.24, 2.45) is 0 Å². The second-order valence-electron chi connectivity index (χ2n) is 8.53. The monoisotopic (exact) mass is 436 g/mol. The van der Waals surface area contributed by atoms with Crippen molar-refractivity contribution in [2.45, 2.75) is 31.7 Å². The molecular formula is C22H33ClN4O3. The number of fused-ring (bicyclic) bond motifs is 1. The van der Waals surface area contributed by atoms with Crippen molar-refractivity contribution >= 4 is 24.1 Å². The van der Waals surface area contributed by atoms with Crippen molar-refractivity contribution in [3.05, 3.63) is 18.2 Å². The van der Waals surface area contributed by atoms with Crippen LogP contribution in [0.15, 0.2) is 18.2 Å². The van der Waals surface area contributed by atoms with Gasteiger partial charge in [-0.3, -0.25) is 4.90 Å².